The summed E-state index contributed by atoms with van der Waals surface area (Å²) in [5.41, 5.74) is 1.80. The van der Waals surface area contributed by atoms with Gasteiger partial charge in [0.15, 0.2) is 0 Å². The predicted octanol–water partition coefficient (Wildman–Crippen LogP) is 3.85. The van der Waals surface area contributed by atoms with Crippen molar-refractivity contribution in [3.8, 4) is 0 Å². The number of rotatable bonds is 3. The zero-order valence-corrected chi connectivity index (χ0v) is 10.5. The molecule has 0 amide bonds. The van der Waals surface area contributed by atoms with Gasteiger partial charge in [-0.1, -0.05) is 34.8 Å². The molecule has 0 N–H and O–H groups in total. The van der Waals surface area contributed by atoms with Crippen molar-refractivity contribution >= 4 is 21.9 Å². The molecule has 2 nitrogen and oxygen atoms in total. The van der Waals surface area contributed by atoms with Crippen molar-refractivity contribution in [2.24, 2.45) is 5.92 Å². The zero-order valence-electron chi connectivity index (χ0n) is 8.91. The second-order valence-corrected chi connectivity index (χ2v) is 5.56. The topological polar surface area (TPSA) is 26.3 Å². The Labute approximate surface area is 103 Å². The number of benzene rings is 1. The van der Waals surface area contributed by atoms with Crippen molar-refractivity contribution in [3.05, 3.63) is 33.8 Å². The molecule has 16 heavy (non-hydrogen) atoms. The maximum Gasteiger partial charge on any atom is 0.339 e. The number of carbonyl (C=O) groups is 1. The minimum Gasteiger partial charge on any atom is -0.454 e. The number of esters is 1. The van der Waals surface area contributed by atoms with E-state index >= 15 is 0 Å². The lowest BCUT2D eigenvalue weighted by Crippen LogP contribution is -1.99. The SMILES string of the molecule is O=C1OC(CCC2CC2)c2ccc(Br)cc21. The molecule has 1 heterocycles. The third-order valence-electron chi connectivity index (χ3n) is 3.37. The monoisotopic (exact) mass is 280 g/mol. The van der Waals surface area contributed by atoms with E-state index in [2.05, 4.69) is 15.9 Å². The van der Waals surface area contributed by atoms with E-state index in [9.17, 15) is 4.79 Å². The van der Waals surface area contributed by atoms with Crippen LogP contribution < -0.4 is 0 Å². The van der Waals surface area contributed by atoms with Gasteiger partial charge in [-0.2, -0.15) is 0 Å². The van der Waals surface area contributed by atoms with E-state index in [1.807, 2.05) is 18.2 Å². The normalized spacial score (nSPS) is 23.1. The number of fused-ring (bicyclic) bond motifs is 1. The van der Waals surface area contributed by atoms with Crippen molar-refractivity contribution in [3.63, 3.8) is 0 Å². The maximum atomic E-state index is 11.6. The number of cyclic esters (lactones) is 1. The minimum absolute atomic E-state index is 0.00352. The van der Waals surface area contributed by atoms with Gasteiger partial charge in [0.25, 0.3) is 0 Å². The molecule has 1 aliphatic heterocycles. The summed E-state index contributed by atoms with van der Waals surface area (Å²) in [6, 6.07) is 5.83. The van der Waals surface area contributed by atoms with Gasteiger partial charge in [-0.05, 0) is 30.9 Å². The lowest BCUT2D eigenvalue weighted by Gasteiger charge is -2.09. The number of hydrogen-bond donors (Lipinski definition) is 0. The first-order valence-corrected chi connectivity index (χ1v) is 6.54. The molecule has 1 saturated carbocycles. The van der Waals surface area contributed by atoms with E-state index in [0.29, 0.717) is 0 Å². The molecule has 1 aromatic rings. The fourth-order valence-corrected chi connectivity index (χ4v) is 2.61. The van der Waals surface area contributed by atoms with Gasteiger partial charge < -0.3 is 4.74 Å². The van der Waals surface area contributed by atoms with E-state index < -0.39 is 0 Å². The van der Waals surface area contributed by atoms with Crippen LogP contribution in [0.2, 0.25) is 0 Å². The first kappa shape index (κ1) is 10.3. The highest BCUT2D eigenvalue weighted by atomic mass is 79.9. The van der Waals surface area contributed by atoms with Gasteiger partial charge in [0.1, 0.15) is 6.10 Å². The molecule has 3 rings (SSSR count). The van der Waals surface area contributed by atoms with Crippen LogP contribution in [0, 0.1) is 5.92 Å². The number of halogens is 1. The Balaban J connectivity index is 1.80. The van der Waals surface area contributed by atoms with E-state index in [4.69, 9.17) is 4.74 Å². The van der Waals surface area contributed by atoms with Crippen molar-refractivity contribution < 1.29 is 9.53 Å². The molecule has 1 aliphatic carbocycles. The Bertz CT molecular complexity index is 438. The molecular formula is C13H13BrO2. The number of ether oxygens (including phenoxy) is 1. The van der Waals surface area contributed by atoms with Crippen LogP contribution in [-0.4, -0.2) is 5.97 Å². The van der Waals surface area contributed by atoms with Crippen LogP contribution in [0.3, 0.4) is 0 Å². The Morgan fingerprint density at radius 3 is 2.88 bits per heavy atom. The van der Waals surface area contributed by atoms with Crippen LogP contribution in [0.5, 0.6) is 0 Å². The lowest BCUT2D eigenvalue weighted by molar-refractivity contribution is 0.0361. The average molecular weight is 281 g/mol. The minimum atomic E-state index is -0.169. The van der Waals surface area contributed by atoms with Gasteiger partial charge >= 0.3 is 5.97 Å². The molecule has 1 aromatic carbocycles. The molecule has 3 heteroatoms. The second kappa shape index (κ2) is 3.88. The first-order chi connectivity index (χ1) is 7.74. The van der Waals surface area contributed by atoms with Gasteiger partial charge in [0, 0.05) is 10.0 Å². The third-order valence-corrected chi connectivity index (χ3v) is 3.86. The molecule has 0 saturated heterocycles. The van der Waals surface area contributed by atoms with Gasteiger partial charge in [-0.25, -0.2) is 4.79 Å². The fourth-order valence-electron chi connectivity index (χ4n) is 2.25. The van der Waals surface area contributed by atoms with Crippen LogP contribution in [-0.2, 0) is 4.74 Å². The quantitative estimate of drug-likeness (QED) is 0.786. The Morgan fingerprint density at radius 2 is 2.12 bits per heavy atom. The molecule has 84 valence electrons. The summed E-state index contributed by atoms with van der Waals surface area (Å²) in [6.07, 6.45) is 4.87. The van der Waals surface area contributed by atoms with Crippen molar-refractivity contribution in [1.82, 2.24) is 0 Å². The lowest BCUT2D eigenvalue weighted by atomic mass is 10.0. The summed E-state index contributed by atoms with van der Waals surface area (Å²) in [6.45, 7) is 0. The summed E-state index contributed by atoms with van der Waals surface area (Å²) in [7, 11) is 0. The third kappa shape index (κ3) is 1.88. The van der Waals surface area contributed by atoms with Crippen LogP contribution in [0.15, 0.2) is 22.7 Å². The number of carbonyl (C=O) groups excluding carboxylic acids is 1. The summed E-state index contributed by atoms with van der Waals surface area (Å²) in [5, 5.41) is 0. The standard InChI is InChI=1S/C13H13BrO2/c14-9-4-5-10-11(7-9)13(15)16-12(10)6-3-8-1-2-8/h4-5,7-8,12H,1-3,6H2. The first-order valence-electron chi connectivity index (χ1n) is 5.74. The van der Waals surface area contributed by atoms with Gasteiger partial charge in [-0.3, -0.25) is 0 Å². The summed E-state index contributed by atoms with van der Waals surface area (Å²) < 4.78 is 6.34. The van der Waals surface area contributed by atoms with Crippen molar-refractivity contribution in [1.29, 1.82) is 0 Å². The number of hydrogen-bond acceptors (Lipinski definition) is 2. The highest BCUT2D eigenvalue weighted by Crippen LogP contribution is 2.40. The van der Waals surface area contributed by atoms with Gasteiger partial charge in [0.2, 0.25) is 0 Å². The van der Waals surface area contributed by atoms with E-state index in [0.717, 1.165) is 27.9 Å². The van der Waals surface area contributed by atoms with Crippen LogP contribution in [0.4, 0.5) is 0 Å². The highest BCUT2D eigenvalue weighted by Gasteiger charge is 2.32. The summed E-state index contributed by atoms with van der Waals surface area (Å²) in [5.74, 6) is 0.718. The molecule has 1 fully saturated rings. The molecule has 2 aliphatic rings. The Kier molecular flexibility index (Phi) is 2.51. The highest BCUT2D eigenvalue weighted by molar-refractivity contribution is 9.10. The summed E-state index contributed by atoms with van der Waals surface area (Å²) >= 11 is 3.38. The average Bonchev–Trinajstić information content (AvgIpc) is 3.03. The van der Waals surface area contributed by atoms with Gasteiger partial charge in [0.05, 0.1) is 5.56 Å². The largest absolute Gasteiger partial charge is 0.454 e. The molecular weight excluding hydrogens is 268 g/mol. The van der Waals surface area contributed by atoms with E-state index in [1.54, 1.807) is 0 Å². The Morgan fingerprint density at radius 1 is 1.31 bits per heavy atom. The van der Waals surface area contributed by atoms with Crippen LogP contribution in [0.25, 0.3) is 0 Å². The molecule has 0 bridgehead atoms. The van der Waals surface area contributed by atoms with Crippen molar-refractivity contribution in [2.45, 2.75) is 31.8 Å². The molecule has 0 aromatic heterocycles. The predicted molar refractivity (Wildman–Crippen MR) is 64.3 cm³/mol. The maximum absolute atomic E-state index is 11.6. The molecule has 0 radical (unpaired) electrons. The zero-order chi connectivity index (χ0) is 11.1. The van der Waals surface area contributed by atoms with E-state index in [-0.39, 0.29) is 12.1 Å². The summed E-state index contributed by atoms with van der Waals surface area (Å²) in [4.78, 5) is 11.6. The van der Waals surface area contributed by atoms with Crippen LogP contribution in [0.1, 0.15) is 47.7 Å². The Hall–Kier alpha value is -0.830. The smallest absolute Gasteiger partial charge is 0.339 e. The van der Waals surface area contributed by atoms with Crippen molar-refractivity contribution in [2.75, 3.05) is 0 Å². The molecule has 1 unspecified atom stereocenters. The fraction of sp³-hybridized carbons (Fsp3) is 0.462. The second-order valence-electron chi connectivity index (χ2n) is 4.65. The molecule has 1 atom stereocenters. The van der Waals surface area contributed by atoms with Gasteiger partial charge in [-0.15, -0.1) is 0 Å². The molecule has 0 spiro atoms. The van der Waals surface area contributed by atoms with Crippen LogP contribution >= 0.6 is 15.9 Å². The van der Waals surface area contributed by atoms with E-state index in [1.165, 1.54) is 19.3 Å².